The molecule has 1 aromatic carbocycles. The Hall–Kier alpha value is -1.31. The zero-order valence-electron chi connectivity index (χ0n) is 6.10. The molecule has 1 aromatic heterocycles. The van der Waals surface area contributed by atoms with Gasteiger partial charge in [0.15, 0.2) is 0 Å². The second kappa shape index (κ2) is 2.09. The molecule has 2 heteroatoms. The van der Waals surface area contributed by atoms with Crippen molar-refractivity contribution >= 4 is 11.0 Å². The van der Waals surface area contributed by atoms with Crippen LogP contribution in [0.4, 0.5) is 4.39 Å². The van der Waals surface area contributed by atoms with Gasteiger partial charge in [0.25, 0.3) is 6.01 Å². The highest BCUT2D eigenvalue weighted by Crippen LogP contribution is 2.18. The highest BCUT2D eigenvalue weighted by molar-refractivity contribution is 5.77. The van der Waals surface area contributed by atoms with Gasteiger partial charge in [-0.25, -0.2) is 0 Å². The fourth-order valence-corrected chi connectivity index (χ4v) is 1.11. The van der Waals surface area contributed by atoms with Crippen LogP contribution in [0.15, 0.2) is 28.7 Å². The highest BCUT2D eigenvalue weighted by Gasteiger charge is 2.00. The molecule has 0 saturated heterocycles. The average molecular weight is 150 g/mol. The Morgan fingerprint density at radius 1 is 1.27 bits per heavy atom. The van der Waals surface area contributed by atoms with Crippen molar-refractivity contribution in [3.05, 3.63) is 35.8 Å². The number of hydrogen-bond acceptors (Lipinski definition) is 1. The minimum atomic E-state index is -0.523. The molecule has 0 fully saturated rings. The maximum Gasteiger partial charge on any atom is 0.278 e. The Labute approximate surface area is 63.4 Å². The van der Waals surface area contributed by atoms with E-state index in [4.69, 9.17) is 4.42 Å². The van der Waals surface area contributed by atoms with E-state index in [9.17, 15) is 4.39 Å². The van der Waals surface area contributed by atoms with E-state index < -0.39 is 6.01 Å². The van der Waals surface area contributed by atoms with Crippen LogP contribution >= 0.6 is 0 Å². The Balaban J connectivity index is 2.82. The molecule has 0 atom stereocenters. The van der Waals surface area contributed by atoms with E-state index in [0.717, 1.165) is 10.9 Å². The first-order chi connectivity index (χ1) is 5.25. The summed E-state index contributed by atoms with van der Waals surface area (Å²) in [6.07, 6.45) is 0. The van der Waals surface area contributed by atoms with Crippen LogP contribution in [0.1, 0.15) is 5.56 Å². The molecule has 0 aliphatic heterocycles. The number of furan rings is 1. The Bertz CT molecular complexity index is 389. The van der Waals surface area contributed by atoms with Crippen LogP contribution in [0.3, 0.4) is 0 Å². The summed E-state index contributed by atoms with van der Waals surface area (Å²) >= 11 is 0. The summed E-state index contributed by atoms with van der Waals surface area (Å²) in [5.74, 6) is 0. The van der Waals surface area contributed by atoms with Crippen molar-refractivity contribution in [1.29, 1.82) is 0 Å². The molecule has 0 aliphatic carbocycles. The van der Waals surface area contributed by atoms with Crippen LogP contribution < -0.4 is 0 Å². The molecule has 11 heavy (non-hydrogen) atoms. The molecule has 2 rings (SSSR count). The summed E-state index contributed by atoms with van der Waals surface area (Å²) < 4.78 is 17.3. The molecule has 0 aliphatic rings. The van der Waals surface area contributed by atoms with Gasteiger partial charge in [-0.15, -0.1) is 0 Å². The van der Waals surface area contributed by atoms with Gasteiger partial charge >= 0.3 is 0 Å². The van der Waals surface area contributed by atoms with Crippen molar-refractivity contribution in [1.82, 2.24) is 0 Å². The number of rotatable bonds is 0. The molecule has 0 radical (unpaired) electrons. The highest BCUT2D eigenvalue weighted by atomic mass is 19.1. The largest absolute Gasteiger partial charge is 0.431 e. The second-order valence-electron chi connectivity index (χ2n) is 2.59. The van der Waals surface area contributed by atoms with Crippen molar-refractivity contribution in [2.24, 2.45) is 0 Å². The van der Waals surface area contributed by atoms with Crippen LogP contribution in [-0.2, 0) is 0 Å². The Kier molecular flexibility index (Phi) is 1.22. The molecule has 0 bridgehead atoms. The lowest BCUT2D eigenvalue weighted by Gasteiger charge is -1.88. The number of aryl methyl sites for hydroxylation is 1. The first-order valence-electron chi connectivity index (χ1n) is 3.41. The SMILES string of the molecule is Cc1ccc2cc(F)oc2c1. The van der Waals surface area contributed by atoms with Crippen molar-refractivity contribution in [2.45, 2.75) is 6.92 Å². The first-order valence-corrected chi connectivity index (χ1v) is 3.41. The maximum atomic E-state index is 12.5. The summed E-state index contributed by atoms with van der Waals surface area (Å²) in [5.41, 5.74) is 1.69. The summed E-state index contributed by atoms with van der Waals surface area (Å²) in [7, 11) is 0. The van der Waals surface area contributed by atoms with E-state index in [1.165, 1.54) is 6.07 Å². The van der Waals surface area contributed by atoms with E-state index in [2.05, 4.69) is 0 Å². The maximum absolute atomic E-state index is 12.5. The van der Waals surface area contributed by atoms with E-state index >= 15 is 0 Å². The van der Waals surface area contributed by atoms with Crippen molar-refractivity contribution in [2.75, 3.05) is 0 Å². The van der Waals surface area contributed by atoms with E-state index in [1.807, 2.05) is 25.1 Å². The molecule has 0 unspecified atom stereocenters. The lowest BCUT2D eigenvalue weighted by Crippen LogP contribution is -1.67. The lowest BCUT2D eigenvalue weighted by atomic mass is 10.2. The number of benzene rings is 1. The molecular weight excluding hydrogens is 143 g/mol. The molecule has 0 amide bonds. The van der Waals surface area contributed by atoms with Crippen molar-refractivity contribution < 1.29 is 8.81 Å². The van der Waals surface area contributed by atoms with Gasteiger partial charge < -0.3 is 4.42 Å². The molecular formula is C9H7FO. The van der Waals surface area contributed by atoms with Gasteiger partial charge in [-0.3, -0.25) is 0 Å². The first kappa shape index (κ1) is 6.40. The third kappa shape index (κ3) is 1.00. The molecule has 0 saturated carbocycles. The third-order valence-corrected chi connectivity index (χ3v) is 1.65. The second-order valence-corrected chi connectivity index (χ2v) is 2.59. The van der Waals surface area contributed by atoms with E-state index in [1.54, 1.807) is 0 Å². The quantitative estimate of drug-likeness (QED) is 0.562. The van der Waals surface area contributed by atoms with Crippen LogP contribution in [-0.4, -0.2) is 0 Å². The topological polar surface area (TPSA) is 13.1 Å². The third-order valence-electron chi connectivity index (χ3n) is 1.65. The monoisotopic (exact) mass is 150 g/mol. The molecule has 2 aromatic rings. The molecule has 0 spiro atoms. The predicted octanol–water partition coefficient (Wildman–Crippen LogP) is 2.88. The Morgan fingerprint density at radius 2 is 2.09 bits per heavy atom. The number of hydrogen-bond donors (Lipinski definition) is 0. The fourth-order valence-electron chi connectivity index (χ4n) is 1.11. The molecule has 1 heterocycles. The molecule has 56 valence electrons. The smallest absolute Gasteiger partial charge is 0.278 e. The summed E-state index contributed by atoms with van der Waals surface area (Å²) in [6, 6.07) is 6.45. The van der Waals surface area contributed by atoms with Crippen LogP contribution in [0.25, 0.3) is 11.0 Å². The zero-order chi connectivity index (χ0) is 7.84. The van der Waals surface area contributed by atoms with Gasteiger partial charge in [0.05, 0.1) is 0 Å². The van der Waals surface area contributed by atoms with E-state index in [0.29, 0.717) is 5.58 Å². The van der Waals surface area contributed by atoms with Gasteiger partial charge in [0, 0.05) is 11.5 Å². The summed E-state index contributed by atoms with van der Waals surface area (Å²) in [6.45, 7) is 1.94. The number of fused-ring (bicyclic) bond motifs is 1. The minimum absolute atomic E-state index is 0.523. The predicted molar refractivity (Wildman–Crippen MR) is 40.9 cm³/mol. The lowest BCUT2D eigenvalue weighted by molar-refractivity contribution is 0.381. The van der Waals surface area contributed by atoms with Crippen LogP contribution in [0.5, 0.6) is 0 Å². The van der Waals surface area contributed by atoms with Crippen molar-refractivity contribution in [3.8, 4) is 0 Å². The summed E-state index contributed by atoms with van der Waals surface area (Å²) in [4.78, 5) is 0. The van der Waals surface area contributed by atoms with Gasteiger partial charge in [0.2, 0.25) is 0 Å². The van der Waals surface area contributed by atoms with E-state index in [-0.39, 0.29) is 0 Å². The summed E-state index contributed by atoms with van der Waals surface area (Å²) in [5, 5.41) is 0.813. The van der Waals surface area contributed by atoms with Crippen LogP contribution in [0.2, 0.25) is 0 Å². The van der Waals surface area contributed by atoms with Gasteiger partial charge in [-0.1, -0.05) is 12.1 Å². The standard InChI is InChI=1S/C9H7FO/c1-6-2-3-7-5-9(10)11-8(7)4-6/h2-5H,1H3. The molecule has 1 nitrogen and oxygen atoms in total. The Morgan fingerprint density at radius 3 is 2.91 bits per heavy atom. The minimum Gasteiger partial charge on any atom is -0.431 e. The average Bonchev–Trinajstić information content (AvgIpc) is 2.27. The zero-order valence-corrected chi connectivity index (χ0v) is 6.10. The van der Waals surface area contributed by atoms with Gasteiger partial charge in [0.1, 0.15) is 5.58 Å². The van der Waals surface area contributed by atoms with Crippen LogP contribution in [0, 0.1) is 12.9 Å². The normalized spacial score (nSPS) is 10.7. The fraction of sp³-hybridized carbons (Fsp3) is 0.111. The van der Waals surface area contributed by atoms with Gasteiger partial charge in [-0.2, -0.15) is 4.39 Å². The molecule has 0 N–H and O–H groups in total. The number of halogens is 1. The van der Waals surface area contributed by atoms with Crippen molar-refractivity contribution in [3.63, 3.8) is 0 Å². The van der Waals surface area contributed by atoms with Gasteiger partial charge in [-0.05, 0) is 18.6 Å².